The van der Waals surface area contributed by atoms with E-state index in [1.807, 2.05) is 0 Å². The van der Waals surface area contributed by atoms with Gasteiger partial charge < -0.3 is 4.74 Å². The van der Waals surface area contributed by atoms with E-state index < -0.39 is 0 Å². The van der Waals surface area contributed by atoms with Crippen molar-refractivity contribution >= 4 is 0 Å². The van der Waals surface area contributed by atoms with Crippen LogP contribution in [0.1, 0.15) is 59.8 Å². The lowest BCUT2D eigenvalue weighted by molar-refractivity contribution is -0.000124. The summed E-state index contributed by atoms with van der Waals surface area (Å²) in [5.74, 6) is 0. The van der Waals surface area contributed by atoms with E-state index in [-0.39, 0.29) is 5.60 Å². The summed E-state index contributed by atoms with van der Waals surface area (Å²) < 4.78 is 5.61. The van der Waals surface area contributed by atoms with Gasteiger partial charge >= 0.3 is 0 Å². The van der Waals surface area contributed by atoms with Crippen molar-refractivity contribution in [1.82, 2.24) is 0 Å². The van der Waals surface area contributed by atoms with Crippen LogP contribution in [0.2, 0.25) is 0 Å². The minimum absolute atomic E-state index is 0.00997. The average Bonchev–Trinajstić information content (AvgIpc) is 2.08. The third-order valence-corrected chi connectivity index (χ3v) is 1.96. The van der Waals surface area contributed by atoms with Gasteiger partial charge in [-0.2, -0.15) is 0 Å². The van der Waals surface area contributed by atoms with Crippen molar-refractivity contribution in [2.75, 3.05) is 6.61 Å². The smallest absolute Gasteiger partial charge is 0.0598 e. The summed E-state index contributed by atoms with van der Waals surface area (Å²) in [6.07, 6.45) is 10.8. The van der Waals surface area contributed by atoms with Gasteiger partial charge in [-0.15, -0.1) is 0 Å². The molecule has 0 bridgehead atoms. The van der Waals surface area contributed by atoms with Crippen LogP contribution in [0.25, 0.3) is 0 Å². The Labute approximate surface area is 89.5 Å². The van der Waals surface area contributed by atoms with Crippen molar-refractivity contribution < 1.29 is 4.74 Å². The average molecular weight is 198 g/mol. The molecule has 1 nitrogen and oxygen atoms in total. The molecular weight excluding hydrogens is 172 g/mol. The van der Waals surface area contributed by atoms with Crippen LogP contribution in [0.5, 0.6) is 0 Å². The summed E-state index contributed by atoms with van der Waals surface area (Å²) in [4.78, 5) is 0. The molecule has 0 atom stereocenters. The Morgan fingerprint density at radius 1 is 1.00 bits per heavy atom. The SMILES string of the molecule is CCCCCC=CCCOC(C)(C)C. The highest BCUT2D eigenvalue weighted by atomic mass is 16.5. The van der Waals surface area contributed by atoms with Gasteiger partial charge in [0.05, 0.1) is 12.2 Å². The maximum Gasteiger partial charge on any atom is 0.0598 e. The highest BCUT2D eigenvalue weighted by molar-refractivity contribution is 4.81. The molecule has 0 spiro atoms. The first kappa shape index (κ1) is 13.7. The Kier molecular flexibility index (Phi) is 7.87. The van der Waals surface area contributed by atoms with Crippen LogP contribution in [0, 0.1) is 0 Å². The predicted molar refractivity (Wildman–Crippen MR) is 63.6 cm³/mol. The van der Waals surface area contributed by atoms with Crippen LogP contribution >= 0.6 is 0 Å². The lowest BCUT2D eigenvalue weighted by Gasteiger charge is -2.18. The molecule has 84 valence electrons. The third kappa shape index (κ3) is 11.7. The molecule has 0 rings (SSSR count). The zero-order valence-electron chi connectivity index (χ0n) is 10.3. The van der Waals surface area contributed by atoms with Gasteiger partial charge in [-0.25, -0.2) is 0 Å². The standard InChI is InChI=1S/C13H26O/c1-5-6-7-8-9-10-11-12-14-13(2,3)4/h9-10H,5-8,11-12H2,1-4H3. The molecule has 0 saturated carbocycles. The van der Waals surface area contributed by atoms with Gasteiger partial charge in [-0.05, 0) is 40.0 Å². The second-order valence-corrected chi connectivity index (χ2v) is 4.72. The topological polar surface area (TPSA) is 9.23 Å². The Morgan fingerprint density at radius 2 is 1.64 bits per heavy atom. The number of rotatable bonds is 7. The van der Waals surface area contributed by atoms with Crippen LogP contribution in [-0.4, -0.2) is 12.2 Å². The molecule has 0 aromatic heterocycles. The Morgan fingerprint density at radius 3 is 2.21 bits per heavy atom. The van der Waals surface area contributed by atoms with Gasteiger partial charge in [0.15, 0.2) is 0 Å². The predicted octanol–water partition coefficient (Wildman–Crippen LogP) is 4.33. The molecule has 0 saturated heterocycles. The van der Waals surface area contributed by atoms with Gasteiger partial charge in [0, 0.05) is 0 Å². The molecule has 0 radical (unpaired) electrons. The van der Waals surface area contributed by atoms with E-state index in [0.29, 0.717) is 0 Å². The summed E-state index contributed by atoms with van der Waals surface area (Å²) in [6, 6.07) is 0. The van der Waals surface area contributed by atoms with Crippen molar-refractivity contribution in [1.29, 1.82) is 0 Å². The van der Waals surface area contributed by atoms with E-state index in [0.717, 1.165) is 13.0 Å². The lowest BCUT2D eigenvalue weighted by Crippen LogP contribution is -2.19. The van der Waals surface area contributed by atoms with Crippen LogP contribution in [0.4, 0.5) is 0 Å². The maximum absolute atomic E-state index is 5.61. The van der Waals surface area contributed by atoms with Gasteiger partial charge in [0.25, 0.3) is 0 Å². The quantitative estimate of drug-likeness (QED) is 0.437. The first-order valence-corrected chi connectivity index (χ1v) is 5.85. The van der Waals surface area contributed by atoms with E-state index in [1.165, 1.54) is 25.7 Å². The van der Waals surface area contributed by atoms with E-state index in [4.69, 9.17) is 4.74 Å². The van der Waals surface area contributed by atoms with Crippen LogP contribution in [0.3, 0.4) is 0 Å². The molecule has 0 aromatic carbocycles. The second-order valence-electron chi connectivity index (χ2n) is 4.72. The molecule has 0 unspecified atom stereocenters. The normalized spacial score (nSPS) is 12.6. The molecule has 0 amide bonds. The third-order valence-electron chi connectivity index (χ3n) is 1.96. The molecule has 0 fully saturated rings. The van der Waals surface area contributed by atoms with Crippen molar-refractivity contribution in [3.8, 4) is 0 Å². The number of allylic oxidation sites excluding steroid dienone is 1. The molecule has 0 N–H and O–H groups in total. The van der Waals surface area contributed by atoms with E-state index in [9.17, 15) is 0 Å². The first-order valence-electron chi connectivity index (χ1n) is 5.85. The molecule has 0 aromatic rings. The fourth-order valence-electron chi connectivity index (χ4n) is 1.18. The summed E-state index contributed by atoms with van der Waals surface area (Å²) in [5, 5.41) is 0. The molecule has 1 heteroatoms. The minimum atomic E-state index is 0.00997. The van der Waals surface area contributed by atoms with Crippen molar-refractivity contribution in [2.45, 2.75) is 65.4 Å². The zero-order valence-corrected chi connectivity index (χ0v) is 10.3. The lowest BCUT2D eigenvalue weighted by atomic mass is 10.2. The molecule has 14 heavy (non-hydrogen) atoms. The van der Waals surface area contributed by atoms with E-state index >= 15 is 0 Å². The zero-order chi connectivity index (χ0) is 10.9. The highest BCUT2D eigenvalue weighted by Gasteiger charge is 2.07. The first-order chi connectivity index (χ1) is 6.56. The number of hydrogen-bond acceptors (Lipinski definition) is 1. The van der Waals surface area contributed by atoms with Crippen LogP contribution in [0.15, 0.2) is 12.2 Å². The van der Waals surface area contributed by atoms with Crippen molar-refractivity contribution in [2.24, 2.45) is 0 Å². The molecule has 0 aliphatic heterocycles. The van der Waals surface area contributed by atoms with Crippen LogP contribution in [-0.2, 0) is 4.74 Å². The van der Waals surface area contributed by atoms with Crippen molar-refractivity contribution in [3.05, 3.63) is 12.2 Å². The Hall–Kier alpha value is -0.300. The highest BCUT2D eigenvalue weighted by Crippen LogP contribution is 2.07. The molecule has 0 aliphatic rings. The van der Waals surface area contributed by atoms with E-state index in [2.05, 4.69) is 39.8 Å². The van der Waals surface area contributed by atoms with Gasteiger partial charge in [0.2, 0.25) is 0 Å². The maximum atomic E-state index is 5.61. The van der Waals surface area contributed by atoms with Crippen molar-refractivity contribution in [3.63, 3.8) is 0 Å². The van der Waals surface area contributed by atoms with E-state index in [1.54, 1.807) is 0 Å². The monoisotopic (exact) mass is 198 g/mol. The van der Waals surface area contributed by atoms with Gasteiger partial charge in [-0.3, -0.25) is 0 Å². The molecule has 0 aliphatic carbocycles. The fraction of sp³-hybridized carbons (Fsp3) is 0.846. The number of unbranched alkanes of at least 4 members (excludes halogenated alkanes) is 3. The summed E-state index contributed by atoms with van der Waals surface area (Å²) in [7, 11) is 0. The molecule has 0 heterocycles. The van der Waals surface area contributed by atoms with Gasteiger partial charge in [0.1, 0.15) is 0 Å². The summed E-state index contributed by atoms with van der Waals surface area (Å²) >= 11 is 0. The fourth-order valence-corrected chi connectivity index (χ4v) is 1.18. The summed E-state index contributed by atoms with van der Waals surface area (Å²) in [6.45, 7) is 9.36. The Balaban J connectivity index is 3.19. The van der Waals surface area contributed by atoms with Crippen LogP contribution < -0.4 is 0 Å². The second kappa shape index (κ2) is 8.05. The summed E-state index contributed by atoms with van der Waals surface area (Å²) in [5.41, 5.74) is 0.00997. The Bertz CT molecular complexity index is 142. The minimum Gasteiger partial charge on any atom is -0.376 e. The number of ether oxygens (including phenoxy) is 1. The number of hydrogen-bond donors (Lipinski definition) is 0. The largest absolute Gasteiger partial charge is 0.376 e. The molecular formula is C13H26O. The van der Waals surface area contributed by atoms with Gasteiger partial charge in [-0.1, -0.05) is 31.9 Å².